The van der Waals surface area contributed by atoms with Crippen molar-refractivity contribution in [1.82, 2.24) is 4.57 Å². The standard InChI is InChI=1S/C18H19NO3/c1-3-19-11-13(15-9-8-14(20)10-16(15)19)12-22-18-7-5-4-6-17(18)21-2/h4-11,20H,3,12H2,1-2H3. The van der Waals surface area contributed by atoms with Gasteiger partial charge in [-0.15, -0.1) is 0 Å². The van der Waals surface area contributed by atoms with Crippen LogP contribution in [0.5, 0.6) is 17.2 Å². The number of nitrogens with zero attached hydrogens (tertiary/aromatic N) is 1. The van der Waals surface area contributed by atoms with E-state index in [0.717, 1.165) is 34.5 Å². The van der Waals surface area contributed by atoms with E-state index < -0.39 is 0 Å². The highest BCUT2D eigenvalue weighted by atomic mass is 16.5. The van der Waals surface area contributed by atoms with E-state index in [2.05, 4.69) is 17.7 Å². The predicted molar refractivity (Wildman–Crippen MR) is 86.6 cm³/mol. The quantitative estimate of drug-likeness (QED) is 0.775. The van der Waals surface area contributed by atoms with Crippen LogP contribution < -0.4 is 9.47 Å². The zero-order chi connectivity index (χ0) is 15.5. The van der Waals surface area contributed by atoms with Gasteiger partial charge < -0.3 is 19.1 Å². The van der Waals surface area contributed by atoms with Crippen molar-refractivity contribution in [2.24, 2.45) is 0 Å². The van der Waals surface area contributed by atoms with E-state index in [-0.39, 0.29) is 5.75 Å². The first kappa shape index (κ1) is 14.3. The number of aromatic nitrogens is 1. The molecule has 0 aliphatic rings. The van der Waals surface area contributed by atoms with Gasteiger partial charge >= 0.3 is 0 Å². The third-order valence-electron chi connectivity index (χ3n) is 3.74. The zero-order valence-corrected chi connectivity index (χ0v) is 12.7. The first-order chi connectivity index (χ1) is 10.7. The summed E-state index contributed by atoms with van der Waals surface area (Å²) in [5, 5.41) is 10.8. The number of ether oxygens (including phenoxy) is 2. The molecule has 0 radical (unpaired) electrons. The summed E-state index contributed by atoms with van der Waals surface area (Å²) in [6.45, 7) is 3.37. The van der Waals surface area contributed by atoms with Crippen LogP contribution in [0.4, 0.5) is 0 Å². The topological polar surface area (TPSA) is 43.6 Å². The van der Waals surface area contributed by atoms with Crippen LogP contribution in [0.1, 0.15) is 12.5 Å². The van der Waals surface area contributed by atoms with Crippen LogP contribution in [0.25, 0.3) is 10.9 Å². The Bertz CT molecular complexity index is 792. The summed E-state index contributed by atoms with van der Waals surface area (Å²) in [6, 6.07) is 13.0. The van der Waals surface area contributed by atoms with Crippen LogP contribution in [0.2, 0.25) is 0 Å². The molecule has 2 aromatic carbocycles. The first-order valence-corrected chi connectivity index (χ1v) is 7.29. The Morgan fingerprint density at radius 1 is 1.09 bits per heavy atom. The second kappa shape index (κ2) is 6.02. The number of aromatic hydroxyl groups is 1. The maximum absolute atomic E-state index is 9.67. The van der Waals surface area contributed by atoms with Gasteiger partial charge in [0.1, 0.15) is 12.4 Å². The summed E-state index contributed by atoms with van der Waals surface area (Å²) in [5.74, 6) is 1.72. The van der Waals surface area contributed by atoms with Gasteiger partial charge in [0.05, 0.1) is 12.6 Å². The molecule has 0 spiro atoms. The van der Waals surface area contributed by atoms with Crippen LogP contribution in [-0.2, 0) is 13.2 Å². The molecule has 0 fully saturated rings. The first-order valence-electron chi connectivity index (χ1n) is 7.29. The fourth-order valence-corrected chi connectivity index (χ4v) is 2.63. The Labute approximate surface area is 129 Å². The lowest BCUT2D eigenvalue weighted by atomic mass is 10.2. The van der Waals surface area contributed by atoms with Crippen molar-refractivity contribution < 1.29 is 14.6 Å². The number of para-hydroxylation sites is 2. The van der Waals surface area contributed by atoms with E-state index in [1.807, 2.05) is 30.3 Å². The number of rotatable bonds is 5. The number of methoxy groups -OCH3 is 1. The summed E-state index contributed by atoms with van der Waals surface area (Å²) in [7, 11) is 1.63. The molecule has 0 aliphatic carbocycles. The molecule has 3 rings (SSSR count). The van der Waals surface area contributed by atoms with Gasteiger partial charge in [0.15, 0.2) is 11.5 Å². The highest BCUT2D eigenvalue weighted by molar-refractivity contribution is 5.85. The van der Waals surface area contributed by atoms with Gasteiger partial charge in [-0.3, -0.25) is 0 Å². The van der Waals surface area contributed by atoms with Crippen LogP contribution in [0.15, 0.2) is 48.7 Å². The average molecular weight is 297 g/mol. The molecule has 0 amide bonds. The predicted octanol–water partition coefficient (Wildman–Crippen LogP) is 3.95. The fraction of sp³-hybridized carbons (Fsp3) is 0.222. The van der Waals surface area contributed by atoms with E-state index in [4.69, 9.17) is 9.47 Å². The minimum atomic E-state index is 0.275. The van der Waals surface area contributed by atoms with Gasteiger partial charge in [0.25, 0.3) is 0 Å². The highest BCUT2D eigenvalue weighted by Gasteiger charge is 2.10. The van der Waals surface area contributed by atoms with Gasteiger partial charge in [-0.05, 0) is 31.2 Å². The van der Waals surface area contributed by atoms with E-state index in [1.54, 1.807) is 19.2 Å². The lowest BCUT2D eigenvalue weighted by molar-refractivity contribution is 0.285. The molecule has 0 saturated carbocycles. The molecule has 0 unspecified atom stereocenters. The maximum atomic E-state index is 9.67. The normalized spacial score (nSPS) is 10.8. The second-order valence-corrected chi connectivity index (χ2v) is 5.08. The Hall–Kier alpha value is -2.62. The zero-order valence-electron chi connectivity index (χ0n) is 12.7. The number of benzene rings is 2. The average Bonchev–Trinajstić information content (AvgIpc) is 2.90. The SMILES string of the molecule is CCn1cc(COc2ccccc2OC)c2ccc(O)cc21. The van der Waals surface area contributed by atoms with Crippen molar-refractivity contribution in [2.75, 3.05) is 7.11 Å². The van der Waals surface area contributed by atoms with Crippen molar-refractivity contribution in [1.29, 1.82) is 0 Å². The molecular formula is C18H19NO3. The summed E-state index contributed by atoms with van der Waals surface area (Å²) >= 11 is 0. The molecule has 1 aromatic heterocycles. The lowest BCUT2D eigenvalue weighted by Gasteiger charge is -2.09. The number of phenolic OH excluding ortho intramolecular Hbond substituents is 1. The Balaban J connectivity index is 1.91. The van der Waals surface area contributed by atoms with Crippen LogP contribution >= 0.6 is 0 Å². The smallest absolute Gasteiger partial charge is 0.161 e. The van der Waals surface area contributed by atoms with E-state index in [9.17, 15) is 5.11 Å². The number of phenols is 1. The Morgan fingerprint density at radius 3 is 2.59 bits per heavy atom. The largest absolute Gasteiger partial charge is 0.508 e. The summed E-state index contributed by atoms with van der Waals surface area (Å²) in [5.41, 5.74) is 2.10. The molecule has 0 atom stereocenters. The number of fused-ring (bicyclic) bond motifs is 1. The summed E-state index contributed by atoms with van der Waals surface area (Å²) in [4.78, 5) is 0. The van der Waals surface area contributed by atoms with Crippen molar-refractivity contribution in [3.8, 4) is 17.2 Å². The van der Waals surface area contributed by atoms with Crippen molar-refractivity contribution in [3.05, 3.63) is 54.2 Å². The maximum Gasteiger partial charge on any atom is 0.161 e. The Morgan fingerprint density at radius 2 is 1.86 bits per heavy atom. The van der Waals surface area contributed by atoms with Gasteiger partial charge in [0.2, 0.25) is 0 Å². The minimum absolute atomic E-state index is 0.275. The number of hydrogen-bond acceptors (Lipinski definition) is 3. The minimum Gasteiger partial charge on any atom is -0.508 e. The fourth-order valence-electron chi connectivity index (χ4n) is 2.63. The summed E-state index contributed by atoms with van der Waals surface area (Å²) in [6.07, 6.45) is 2.07. The lowest BCUT2D eigenvalue weighted by Crippen LogP contribution is -1.97. The molecular weight excluding hydrogens is 278 g/mol. The molecule has 0 aliphatic heterocycles. The van der Waals surface area contributed by atoms with Crippen molar-refractivity contribution in [3.63, 3.8) is 0 Å². The van der Waals surface area contributed by atoms with E-state index in [0.29, 0.717) is 6.61 Å². The van der Waals surface area contributed by atoms with Crippen molar-refractivity contribution >= 4 is 10.9 Å². The molecule has 114 valence electrons. The van der Waals surface area contributed by atoms with Gasteiger partial charge in [-0.2, -0.15) is 0 Å². The van der Waals surface area contributed by atoms with Gasteiger partial charge in [-0.1, -0.05) is 12.1 Å². The number of aryl methyl sites for hydroxylation is 1. The molecule has 3 aromatic rings. The molecule has 4 heteroatoms. The number of hydrogen-bond donors (Lipinski definition) is 1. The highest BCUT2D eigenvalue weighted by Crippen LogP contribution is 2.29. The van der Waals surface area contributed by atoms with Gasteiger partial charge in [-0.25, -0.2) is 0 Å². The molecule has 0 bridgehead atoms. The van der Waals surface area contributed by atoms with Crippen LogP contribution in [0, 0.1) is 0 Å². The van der Waals surface area contributed by atoms with Crippen molar-refractivity contribution in [2.45, 2.75) is 20.1 Å². The second-order valence-electron chi connectivity index (χ2n) is 5.08. The van der Waals surface area contributed by atoms with E-state index in [1.165, 1.54) is 0 Å². The molecule has 1 heterocycles. The summed E-state index contributed by atoms with van der Waals surface area (Å²) < 4.78 is 13.3. The monoisotopic (exact) mass is 297 g/mol. The van der Waals surface area contributed by atoms with Gasteiger partial charge in [0, 0.05) is 29.8 Å². The Kier molecular flexibility index (Phi) is 3.92. The van der Waals surface area contributed by atoms with Crippen LogP contribution in [-0.4, -0.2) is 16.8 Å². The molecule has 22 heavy (non-hydrogen) atoms. The molecule has 1 N–H and O–H groups in total. The van der Waals surface area contributed by atoms with E-state index >= 15 is 0 Å². The van der Waals surface area contributed by atoms with Crippen LogP contribution in [0.3, 0.4) is 0 Å². The molecule has 4 nitrogen and oxygen atoms in total. The third kappa shape index (κ3) is 2.60. The third-order valence-corrected chi connectivity index (χ3v) is 3.74. The molecule has 0 saturated heterocycles.